The van der Waals surface area contributed by atoms with Crippen LogP contribution < -0.4 is 10.6 Å². The number of aryl methyl sites for hydroxylation is 3. The number of hydrogen-bond acceptors (Lipinski definition) is 5. The van der Waals surface area contributed by atoms with Gasteiger partial charge in [-0.1, -0.05) is 42.1 Å². The molecule has 0 saturated carbocycles. The fourth-order valence-corrected chi connectivity index (χ4v) is 4.10. The van der Waals surface area contributed by atoms with Gasteiger partial charge in [0.25, 0.3) is 5.91 Å². The first-order valence-corrected chi connectivity index (χ1v) is 11.7. The van der Waals surface area contributed by atoms with Crippen LogP contribution in [0, 0.1) is 20.8 Å². The third-order valence-electron chi connectivity index (χ3n) is 5.30. The number of hydrogen-bond donors (Lipinski definition) is 2. The Morgan fingerprint density at radius 2 is 1.85 bits per heavy atom. The predicted molar refractivity (Wildman–Crippen MR) is 133 cm³/mol. The van der Waals surface area contributed by atoms with Gasteiger partial charge < -0.3 is 15.2 Å². The van der Waals surface area contributed by atoms with Crippen LogP contribution in [0.25, 0.3) is 0 Å². The van der Waals surface area contributed by atoms with Crippen molar-refractivity contribution in [2.75, 3.05) is 11.1 Å². The van der Waals surface area contributed by atoms with E-state index in [9.17, 15) is 9.59 Å². The highest BCUT2D eigenvalue weighted by Gasteiger charge is 2.21. The lowest BCUT2D eigenvalue weighted by molar-refractivity contribution is -0.113. The Hall–Kier alpha value is -3.39. The smallest absolute Gasteiger partial charge is 0.252 e. The Labute approximate surface area is 198 Å². The molecule has 2 aromatic carbocycles. The van der Waals surface area contributed by atoms with Gasteiger partial charge in [-0.15, -0.1) is 16.8 Å². The number of allylic oxidation sites excluding steroid dienone is 1. The van der Waals surface area contributed by atoms with Crippen molar-refractivity contribution in [2.24, 2.45) is 0 Å². The molecule has 0 aliphatic carbocycles. The van der Waals surface area contributed by atoms with Crippen LogP contribution in [0.4, 0.5) is 5.69 Å². The van der Waals surface area contributed by atoms with Gasteiger partial charge in [-0.25, -0.2) is 0 Å². The Morgan fingerprint density at radius 1 is 1.09 bits per heavy atom. The highest BCUT2D eigenvalue weighted by molar-refractivity contribution is 7.99. The molecule has 172 valence electrons. The van der Waals surface area contributed by atoms with E-state index >= 15 is 0 Å². The number of carbonyl (C=O) groups is 2. The maximum Gasteiger partial charge on any atom is 0.252 e. The fraction of sp³-hybridized carbons (Fsp3) is 0.280. The summed E-state index contributed by atoms with van der Waals surface area (Å²) in [6.07, 6.45) is 1.74. The van der Waals surface area contributed by atoms with Crippen molar-refractivity contribution in [2.45, 2.75) is 45.4 Å². The van der Waals surface area contributed by atoms with Crippen LogP contribution in [-0.4, -0.2) is 32.3 Å². The van der Waals surface area contributed by atoms with Crippen LogP contribution in [0.2, 0.25) is 0 Å². The molecule has 0 saturated heterocycles. The zero-order valence-electron chi connectivity index (χ0n) is 19.4. The summed E-state index contributed by atoms with van der Waals surface area (Å²) in [6, 6.07) is 12.9. The van der Waals surface area contributed by atoms with Gasteiger partial charge in [0.15, 0.2) is 11.0 Å². The van der Waals surface area contributed by atoms with Crippen molar-refractivity contribution in [1.82, 2.24) is 20.1 Å². The molecule has 1 atom stereocenters. The van der Waals surface area contributed by atoms with Gasteiger partial charge in [-0.2, -0.15) is 0 Å². The standard InChI is InChI=1S/C25H29N5O2S/c1-6-13-30-23(19(5)26-24(32)21-10-8-7-9-17(21)3)28-29-25(30)33-15-22(31)27-20-12-11-16(2)18(4)14-20/h6-12,14,19H,1,13,15H2,2-5H3,(H,26,32)(H,27,31)/t19-/m1/s1. The minimum atomic E-state index is -0.372. The molecule has 8 heteroatoms. The SMILES string of the molecule is C=CCn1c(SCC(=O)Nc2ccc(C)c(C)c2)nnc1[C@@H](C)NC(=O)c1ccccc1C. The summed E-state index contributed by atoms with van der Waals surface area (Å²) < 4.78 is 1.86. The van der Waals surface area contributed by atoms with E-state index in [0.717, 1.165) is 16.8 Å². The average Bonchev–Trinajstić information content (AvgIpc) is 3.18. The largest absolute Gasteiger partial charge is 0.342 e. The van der Waals surface area contributed by atoms with Crippen LogP contribution in [0.15, 0.2) is 60.3 Å². The molecule has 33 heavy (non-hydrogen) atoms. The Bertz CT molecular complexity index is 1170. The van der Waals surface area contributed by atoms with E-state index in [2.05, 4.69) is 27.4 Å². The maximum absolute atomic E-state index is 12.7. The summed E-state index contributed by atoms with van der Waals surface area (Å²) in [6.45, 7) is 12.1. The van der Waals surface area contributed by atoms with E-state index in [-0.39, 0.29) is 23.6 Å². The normalized spacial score (nSPS) is 11.6. The first kappa shape index (κ1) is 24.3. The number of nitrogens with one attached hydrogen (secondary N) is 2. The zero-order chi connectivity index (χ0) is 24.0. The van der Waals surface area contributed by atoms with E-state index in [1.165, 1.54) is 17.3 Å². The second-order valence-electron chi connectivity index (χ2n) is 7.89. The Balaban J connectivity index is 1.67. The van der Waals surface area contributed by atoms with Crippen LogP contribution in [-0.2, 0) is 11.3 Å². The zero-order valence-corrected chi connectivity index (χ0v) is 20.2. The predicted octanol–water partition coefficient (Wildman–Crippen LogP) is 4.61. The lowest BCUT2D eigenvalue weighted by atomic mass is 10.1. The average molecular weight is 464 g/mol. The van der Waals surface area contributed by atoms with Gasteiger partial charge in [-0.3, -0.25) is 9.59 Å². The molecular weight excluding hydrogens is 434 g/mol. The highest BCUT2D eigenvalue weighted by atomic mass is 32.2. The summed E-state index contributed by atoms with van der Waals surface area (Å²) in [5, 5.41) is 15.0. The molecule has 0 radical (unpaired) electrons. The molecule has 3 aromatic rings. The van der Waals surface area contributed by atoms with Crippen molar-refractivity contribution in [3.05, 3.63) is 83.2 Å². The first-order chi connectivity index (χ1) is 15.8. The van der Waals surface area contributed by atoms with E-state index in [1.807, 2.05) is 68.7 Å². The van der Waals surface area contributed by atoms with Gasteiger partial charge >= 0.3 is 0 Å². The molecule has 7 nitrogen and oxygen atoms in total. The third kappa shape index (κ3) is 6.10. The van der Waals surface area contributed by atoms with Crippen LogP contribution in [0.1, 0.15) is 45.8 Å². The molecule has 3 rings (SSSR count). The van der Waals surface area contributed by atoms with Crippen LogP contribution in [0.3, 0.4) is 0 Å². The van der Waals surface area contributed by atoms with Crippen molar-refractivity contribution in [3.8, 4) is 0 Å². The number of aromatic nitrogens is 3. The fourth-order valence-electron chi connectivity index (χ4n) is 3.34. The number of benzene rings is 2. The second kappa shape index (κ2) is 11.0. The van der Waals surface area contributed by atoms with Gasteiger partial charge in [0, 0.05) is 17.8 Å². The number of rotatable bonds is 9. The van der Waals surface area contributed by atoms with Gasteiger partial charge in [0.05, 0.1) is 11.8 Å². The van der Waals surface area contributed by atoms with Crippen molar-refractivity contribution < 1.29 is 9.59 Å². The molecule has 0 aliphatic rings. The topological polar surface area (TPSA) is 88.9 Å². The number of nitrogens with zero attached hydrogens (tertiary/aromatic N) is 3. The maximum atomic E-state index is 12.7. The number of carbonyl (C=O) groups excluding carboxylic acids is 2. The highest BCUT2D eigenvalue weighted by Crippen LogP contribution is 2.22. The molecule has 0 fully saturated rings. The van der Waals surface area contributed by atoms with E-state index in [1.54, 1.807) is 12.1 Å². The van der Waals surface area contributed by atoms with Crippen molar-refractivity contribution in [1.29, 1.82) is 0 Å². The third-order valence-corrected chi connectivity index (χ3v) is 6.27. The second-order valence-corrected chi connectivity index (χ2v) is 8.83. The number of thioether (sulfide) groups is 1. The lowest BCUT2D eigenvalue weighted by Gasteiger charge is -2.16. The summed E-state index contributed by atoms with van der Waals surface area (Å²) in [7, 11) is 0. The van der Waals surface area contributed by atoms with E-state index in [4.69, 9.17) is 0 Å². The molecule has 2 N–H and O–H groups in total. The summed E-state index contributed by atoms with van der Waals surface area (Å²) in [4.78, 5) is 25.2. The van der Waals surface area contributed by atoms with Crippen LogP contribution >= 0.6 is 11.8 Å². The molecule has 0 unspecified atom stereocenters. The first-order valence-electron chi connectivity index (χ1n) is 10.7. The molecule has 1 heterocycles. The summed E-state index contributed by atoms with van der Waals surface area (Å²) in [5.74, 6) is 0.495. The number of anilines is 1. The molecule has 0 spiro atoms. The van der Waals surface area contributed by atoms with Crippen molar-refractivity contribution >= 4 is 29.3 Å². The molecular formula is C25H29N5O2S. The van der Waals surface area contributed by atoms with Crippen molar-refractivity contribution in [3.63, 3.8) is 0 Å². The Kier molecular flexibility index (Phi) is 8.06. The van der Waals surface area contributed by atoms with Crippen LogP contribution in [0.5, 0.6) is 0 Å². The monoisotopic (exact) mass is 463 g/mol. The Morgan fingerprint density at radius 3 is 2.55 bits per heavy atom. The van der Waals surface area contributed by atoms with Gasteiger partial charge in [0.2, 0.25) is 5.91 Å². The molecule has 1 aromatic heterocycles. The minimum absolute atomic E-state index is 0.126. The number of amides is 2. The summed E-state index contributed by atoms with van der Waals surface area (Å²) in [5.41, 5.74) is 4.59. The molecule has 0 aliphatic heterocycles. The molecule has 0 bridgehead atoms. The molecule has 2 amide bonds. The lowest BCUT2D eigenvalue weighted by Crippen LogP contribution is -2.29. The quantitative estimate of drug-likeness (QED) is 0.357. The minimum Gasteiger partial charge on any atom is -0.342 e. The van der Waals surface area contributed by atoms with E-state index in [0.29, 0.717) is 23.1 Å². The summed E-state index contributed by atoms with van der Waals surface area (Å²) >= 11 is 1.29. The van der Waals surface area contributed by atoms with Gasteiger partial charge in [0.1, 0.15) is 0 Å². The van der Waals surface area contributed by atoms with Gasteiger partial charge in [-0.05, 0) is 62.6 Å². The van der Waals surface area contributed by atoms with E-state index < -0.39 is 0 Å².